The molecule has 0 radical (unpaired) electrons. The Kier molecular flexibility index (Phi) is 4.89. The van der Waals surface area contributed by atoms with E-state index < -0.39 is 17.4 Å². The second-order valence-corrected chi connectivity index (χ2v) is 5.30. The standard InChI is InChI=1S/C14H21FN2O2/c1-9(2)14(4,19)8-16-13(18)17-12-6-5-10(3)7-11(12)15/h5-7,9,19H,8H2,1-4H3,(H2,16,17,18). The molecule has 3 N–H and O–H groups in total. The summed E-state index contributed by atoms with van der Waals surface area (Å²) in [5.41, 5.74) is -0.0955. The van der Waals surface area contributed by atoms with Crippen molar-refractivity contribution in [2.45, 2.75) is 33.3 Å². The highest BCUT2D eigenvalue weighted by Gasteiger charge is 2.25. The van der Waals surface area contributed by atoms with Gasteiger partial charge in [-0.1, -0.05) is 19.9 Å². The van der Waals surface area contributed by atoms with Gasteiger partial charge in [-0.2, -0.15) is 0 Å². The van der Waals surface area contributed by atoms with Crippen LogP contribution < -0.4 is 10.6 Å². The number of aliphatic hydroxyl groups is 1. The van der Waals surface area contributed by atoms with Crippen molar-refractivity contribution in [3.05, 3.63) is 29.6 Å². The van der Waals surface area contributed by atoms with Crippen molar-refractivity contribution < 1.29 is 14.3 Å². The molecule has 2 amide bonds. The second-order valence-electron chi connectivity index (χ2n) is 5.30. The van der Waals surface area contributed by atoms with Gasteiger partial charge in [0.15, 0.2) is 0 Å². The molecule has 0 aliphatic carbocycles. The lowest BCUT2D eigenvalue weighted by Crippen LogP contribution is -2.45. The van der Waals surface area contributed by atoms with Crippen LogP contribution in [0.3, 0.4) is 0 Å². The Morgan fingerprint density at radius 3 is 2.63 bits per heavy atom. The molecule has 19 heavy (non-hydrogen) atoms. The van der Waals surface area contributed by atoms with Gasteiger partial charge in [-0.25, -0.2) is 9.18 Å². The summed E-state index contributed by atoms with van der Waals surface area (Å²) in [4.78, 5) is 11.6. The highest BCUT2D eigenvalue weighted by Crippen LogP contribution is 2.16. The number of halogens is 1. The van der Waals surface area contributed by atoms with Crippen molar-refractivity contribution in [1.82, 2.24) is 5.32 Å². The van der Waals surface area contributed by atoms with Gasteiger partial charge < -0.3 is 15.7 Å². The van der Waals surface area contributed by atoms with E-state index in [1.54, 1.807) is 19.9 Å². The lowest BCUT2D eigenvalue weighted by molar-refractivity contribution is 0.0170. The first-order valence-electron chi connectivity index (χ1n) is 6.26. The minimum Gasteiger partial charge on any atom is -0.388 e. The van der Waals surface area contributed by atoms with Gasteiger partial charge in [0, 0.05) is 6.54 Å². The number of hydrogen-bond donors (Lipinski definition) is 3. The number of rotatable bonds is 4. The Morgan fingerprint density at radius 2 is 2.11 bits per heavy atom. The molecule has 0 fully saturated rings. The smallest absolute Gasteiger partial charge is 0.319 e. The maximum atomic E-state index is 13.5. The summed E-state index contributed by atoms with van der Waals surface area (Å²) in [5, 5.41) is 14.9. The van der Waals surface area contributed by atoms with Crippen molar-refractivity contribution in [3.63, 3.8) is 0 Å². The van der Waals surface area contributed by atoms with Crippen LogP contribution in [0.1, 0.15) is 26.3 Å². The number of urea groups is 1. The highest BCUT2D eigenvalue weighted by atomic mass is 19.1. The topological polar surface area (TPSA) is 61.4 Å². The second kappa shape index (κ2) is 6.02. The van der Waals surface area contributed by atoms with Crippen LogP contribution in [0.4, 0.5) is 14.9 Å². The number of anilines is 1. The number of amides is 2. The van der Waals surface area contributed by atoms with E-state index in [0.29, 0.717) is 0 Å². The average molecular weight is 268 g/mol. The molecule has 0 spiro atoms. The van der Waals surface area contributed by atoms with E-state index in [1.165, 1.54) is 12.1 Å². The first-order valence-corrected chi connectivity index (χ1v) is 6.26. The van der Waals surface area contributed by atoms with Crippen molar-refractivity contribution in [2.24, 2.45) is 5.92 Å². The quantitative estimate of drug-likeness (QED) is 0.786. The Morgan fingerprint density at radius 1 is 1.47 bits per heavy atom. The van der Waals surface area contributed by atoms with Crippen molar-refractivity contribution in [3.8, 4) is 0 Å². The minimum absolute atomic E-state index is 0.00362. The van der Waals surface area contributed by atoms with E-state index >= 15 is 0 Å². The summed E-state index contributed by atoms with van der Waals surface area (Å²) in [7, 11) is 0. The largest absolute Gasteiger partial charge is 0.388 e. The van der Waals surface area contributed by atoms with Crippen LogP contribution in [0.15, 0.2) is 18.2 Å². The molecule has 106 valence electrons. The Balaban J connectivity index is 2.57. The molecule has 4 nitrogen and oxygen atoms in total. The van der Waals surface area contributed by atoms with Crippen molar-refractivity contribution in [1.29, 1.82) is 0 Å². The maximum Gasteiger partial charge on any atom is 0.319 e. The molecule has 0 aromatic heterocycles. The lowest BCUT2D eigenvalue weighted by atomic mass is 9.93. The number of benzene rings is 1. The first kappa shape index (κ1) is 15.4. The van der Waals surface area contributed by atoms with E-state index in [-0.39, 0.29) is 18.2 Å². The zero-order valence-electron chi connectivity index (χ0n) is 11.7. The van der Waals surface area contributed by atoms with Crippen LogP contribution >= 0.6 is 0 Å². The Labute approximate surface area is 113 Å². The van der Waals surface area contributed by atoms with E-state index in [1.807, 2.05) is 13.8 Å². The molecule has 0 bridgehead atoms. The minimum atomic E-state index is -0.997. The van der Waals surface area contributed by atoms with E-state index in [9.17, 15) is 14.3 Å². The van der Waals surface area contributed by atoms with Crippen molar-refractivity contribution >= 4 is 11.7 Å². The van der Waals surface area contributed by atoms with Gasteiger partial charge in [-0.05, 0) is 37.5 Å². The molecule has 5 heteroatoms. The number of aryl methyl sites for hydroxylation is 1. The number of nitrogens with one attached hydrogen (secondary N) is 2. The van der Waals surface area contributed by atoms with Crippen molar-refractivity contribution in [2.75, 3.05) is 11.9 Å². The summed E-state index contributed by atoms with van der Waals surface area (Å²) < 4.78 is 13.5. The molecule has 0 aliphatic rings. The van der Waals surface area contributed by atoms with Gasteiger partial charge >= 0.3 is 6.03 Å². The Bertz CT molecular complexity index is 459. The summed E-state index contributed by atoms with van der Waals surface area (Å²) >= 11 is 0. The summed E-state index contributed by atoms with van der Waals surface area (Å²) in [6.07, 6.45) is 0. The third kappa shape index (κ3) is 4.52. The molecule has 1 aromatic rings. The lowest BCUT2D eigenvalue weighted by Gasteiger charge is -2.27. The van der Waals surface area contributed by atoms with E-state index in [0.717, 1.165) is 5.56 Å². The zero-order valence-corrected chi connectivity index (χ0v) is 11.7. The van der Waals surface area contributed by atoms with Crippen LogP contribution in [0.2, 0.25) is 0 Å². The van der Waals surface area contributed by atoms with Gasteiger partial charge in [0.2, 0.25) is 0 Å². The fraction of sp³-hybridized carbons (Fsp3) is 0.500. The molecule has 1 rings (SSSR count). The molecule has 1 aromatic carbocycles. The predicted octanol–water partition coefficient (Wildman–Crippen LogP) is 2.66. The molecular formula is C14H21FN2O2. The molecule has 0 heterocycles. The summed E-state index contributed by atoms with van der Waals surface area (Å²) in [5.74, 6) is -0.477. The normalized spacial score (nSPS) is 14.1. The molecule has 0 saturated carbocycles. The number of carbonyl (C=O) groups excluding carboxylic acids is 1. The van der Waals surface area contributed by atoms with Gasteiger partial charge in [0.25, 0.3) is 0 Å². The van der Waals surface area contributed by atoms with Gasteiger partial charge in [0.05, 0.1) is 11.3 Å². The third-order valence-corrected chi connectivity index (χ3v) is 3.22. The Hall–Kier alpha value is -1.62. The molecular weight excluding hydrogens is 247 g/mol. The van der Waals surface area contributed by atoms with Crippen LogP contribution in [0, 0.1) is 18.7 Å². The molecule has 1 unspecified atom stereocenters. The molecule has 0 saturated heterocycles. The fourth-order valence-corrected chi connectivity index (χ4v) is 1.35. The fourth-order valence-electron chi connectivity index (χ4n) is 1.35. The van der Waals surface area contributed by atoms with Gasteiger partial charge in [-0.15, -0.1) is 0 Å². The molecule has 0 aliphatic heterocycles. The predicted molar refractivity (Wildman–Crippen MR) is 73.6 cm³/mol. The van der Waals surface area contributed by atoms with Crippen LogP contribution in [-0.4, -0.2) is 23.3 Å². The van der Waals surface area contributed by atoms with Crippen LogP contribution in [-0.2, 0) is 0 Å². The van der Waals surface area contributed by atoms with Gasteiger partial charge in [0.1, 0.15) is 5.82 Å². The third-order valence-electron chi connectivity index (χ3n) is 3.22. The average Bonchev–Trinajstić information content (AvgIpc) is 2.30. The van der Waals surface area contributed by atoms with E-state index in [4.69, 9.17) is 0 Å². The highest BCUT2D eigenvalue weighted by molar-refractivity contribution is 5.89. The SMILES string of the molecule is Cc1ccc(NC(=O)NCC(C)(O)C(C)C)c(F)c1. The summed E-state index contributed by atoms with van der Waals surface area (Å²) in [6, 6.07) is 4.02. The zero-order chi connectivity index (χ0) is 14.6. The maximum absolute atomic E-state index is 13.5. The first-order chi connectivity index (χ1) is 8.72. The molecule has 1 atom stereocenters. The van der Waals surface area contributed by atoms with E-state index in [2.05, 4.69) is 10.6 Å². The monoisotopic (exact) mass is 268 g/mol. The number of carbonyl (C=O) groups is 1. The van der Waals surface area contributed by atoms with Crippen LogP contribution in [0.5, 0.6) is 0 Å². The van der Waals surface area contributed by atoms with Gasteiger partial charge in [-0.3, -0.25) is 0 Å². The van der Waals surface area contributed by atoms with Crippen LogP contribution in [0.25, 0.3) is 0 Å². The number of hydrogen-bond acceptors (Lipinski definition) is 2. The summed E-state index contributed by atoms with van der Waals surface area (Å²) in [6.45, 7) is 7.24.